The minimum Gasteiger partial charge on any atom is -0.871 e. The number of nitrogens with zero attached hydrogens (tertiary/aromatic N) is 2. The predicted octanol–water partition coefficient (Wildman–Crippen LogP) is 7.40. The molecule has 0 aromatic heterocycles. The van der Waals surface area contributed by atoms with Crippen molar-refractivity contribution < 1.29 is 14.5 Å². The van der Waals surface area contributed by atoms with Gasteiger partial charge in [-0.2, -0.15) is 4.58 Å². The van der Waals surface area contributed by atoms with Gasteiger partial charge in [-0.3, -0.25) is 4.79 Å². The molecule has 9 rings (SSSR count). The lowest BCUT2D eigenvalue weighted by molar-refractivity contribution is -0.441. The molecule has 218 valence electrons. The van der Waals surface area contributed by atoms with E-state index in [0.717, 1.165) is 61.3 Å². The molecule has 5 aliphatic rings. The first-order valence-corrected chi connectivity index (χ1v) is 16.1. The Balaban J connectivity index is 1.20. The maximum atomic E-state index is 14.4. The molecule has 0 amide bonds. The Morgan fingerprint density at radius 2 is 1.50 bits per heavy atom. The summed E-state index contributed by atoms with van der Waals surface area (Å²) in [6.45, 7) is 10.7. The van der Waals surface area contributed by atoms with Crippen molar-refractivity contribution in [1.82, 2.24) is 0 Å². The molecule has 4 aliphatic heterocycles. The molecule has 0 N–H and O–H groups in total. The Morgan fingerprint density at radius 3 is 2.20 bits per heavy atom. The Morgan fingerprint density at radius 1 is 0.841 bits per heavy atom. The van der Waals surface area contributed by atoms with Gasteiger partial charge in [-0.05, 0) is 83.0 Å². The van der Waals surface area contributed by atoms with Gasteiger partial charge in [-0.25, -0.2) is 0 Å². The highest BCUT2D eigenvalue weighted by molar-refractivity contribution is 6.26. The second-order valence-corrected chi connectivity index (χ2v) is 14.4. The van der Waals surface area contributed by atoms with Crippen molar-refractivity contribution in [1.29, 1.82) is 0 Å². The summed E-state index contributed by atoms with van der Waals surface area (Å²) in [6, 6.07) is 26.2. The summed E-state index contributed by atoms with van der Waals surface area (Å²) >= 11 is 0. The van der Waals surface area contributed by atoms with Gasteiger partial charge >= 0.3 is 0 Å². The average Bonchev–Trinajstić information content (AvgIpc) is 3.47. The smallest absolute Gasteiger partial charge is 0.210 e. The minimum absolute atomic E-state index is 0.0465. The van der Waals surface area contributed by atoms with Gasteiger partial charge in [-0.1, -0.05) is 68.1 Å². The highest BCUT2D eigenvalue weighted by atomic mass is 16.3. The number of carbonyl (C=O) groups excluding carboxylic acids is 1. The summed E-state index contributed by atoms with van der Waals surface area (Å²) in [7, 11) is 0. The van der Waals surface area contributed by atoms with Crippen LogP contribution in [0.3, 0.4) is 0 Å². The lowest BCUT2D eigenvalue weighted by atomic mass is 9.66. The number of fused-ring (bicyclic) bond motifs is 7. The zero-order valence-electron chi connectivity index (χ0n) is 25.9. The highest BCUT2D eigenvalue weighted by Crippen LogP contribution is 2.54. The van der Waals surface area contributed by atoms with Crippen LogP contribution in [0.4, 0.5) is 11.4 Å². The number of benzene rings is 4. The fourth-order valence-electron chi connectivity index (χ4n) is 8.94. The van der Waals surface area contributed by atoms with Crippen LogP contribution in [0.2, 0.25) is 0 Å². The van der Waals surface area contributed by atoms with E-state index < -0.39 is 0 Å². The molecule has 0 atom stereocenters. The molecule has 0 saturated carbocycles. The van der Waals surface area contributed by atoms with E-state index in [0.29, 0.717) is 11.1 Å². The molecular formula is C40H36N2O2. The number of carbonyl (C=O) groups is 1. The Kier molecular flexibility index (Phi) is 5.08. The van der Waals surface area contributed by atoms with E-state index in [-0.39, 0.29) is 22.4 Å². The van der Waals surface area contributed by atoms with Gasteiger partial charge in [0, 0.05) is 59.1 Å². The van der Waals surface area contributed by atoms with Crippen LogP contribution in [0.25, 0.3) is 21.5 Å². The standard InChI is InChI=1S/C40H36N2O2/c1-39(2)15-17-41-30-20-25-12-7-5-10-23(25)18-27(30)22-32(41)35(39)34-36(43)33(37(34)44)28-14-9-16-42-31-21-26-13-8-6-11-24(26)19-29(31)40(3,4)38(28)42/h5-8,10-13,18-21H,9,14-17,22H2,1-4H3. The summed E-state index contributed by atoms with van der Waals surface area (Å²) in [5.74, 6) is -0.0929. The number of hydrogen-bond donors (Lipinski definition) is 0. The highest BCUT2D eigenvalue weighted by Gasteiger charge is 2.52. The molecule has 4 nitrogen and oxygen atoms in total. The van der Waals surface area contributed by atoms with Gasteiger partial charge in [-0.15, -0.1) is 0 Å². The monoisotopic (exact) mass is 576 g/mol. The van der Waals surface area contributed by atoms with Gasteiger partial charge in [0.2, 0.25) is 5.69 Å². The summed E-state index contributed by atoms with van der Waals surface area (Å²) in [4.78, 5) is 16.8. The number of hydrogen-bond acceptors (Lipinski definition) is 3. The van der Waals surface area contributed by atoms with Crippen molar-refractivity contribution in [3.63, 3.8) is 0 Å². The third-order valence-corrected chi connectivity index (χ3v) is 11.1. The molecule has 44 heavy (non-hydrogen) atoms. The zero-order chi connectivity index (χ0) is 30.1. The zero-order valence-corrected chi connectivity index (χ0v) is 25.9. The van der Waals surface area contributed by atoms with Gasteiger partial charge in [0.05, 0.1) is 5.41 Å². The average molecular weight is 577 g/mol. The predicted molar refractivity (Wildman–Crippen MR) is 175 cm³/mol. The topological polar surface area (TPSA) is 46.4 Å². The van der Waals surface area contributed by atoms with Gasteiger partial charge < -0.3 is 10.0 Å². The fourth-order valence-corrected chi connectivity index (χ4v) is 8.94. The van der Waals surface area contributed by atoms with Crippen molar-refractivity contribution in [2.24, 2.45) is 5.41 Å². The normalized spacial score (nSPS) is 23.3. The SMILES string of the molecule is CC1(C)CCN2C(=C1C1=C([O-])/C(=C3/CCC[N+]4=C3C(C)(C)c3cc5ccccc5cc34)C1=O)Cc1cc3ccccc3cc12. The molecule has 0 bridgehead atoms. The summed E-state index contributed by atoms with van der Waals surface area (Å²) in [5, 5.41) is 19.3. The van der Waals surface area contributed by atoms with Crippen LogP contribution in [-0.2, 0) is 16.6 Å². The van der Waals surface area contributed by atoms with Crippen molar-refractivity contribution in [2.75, 3.05) is 18.0 Å². The number of Topliss-reactive ketones (excluding diaryl/α,β-unsaturated/α-hetero) is 1. The first-order chi connectivity index (χ1) is 21.1. The van der Waals surface area contributed by atoms with E-state index in [1.165, 1.54) is 44.0 Å². The molecule has 4 aromatic rings. The lowest BCUT2D eigenvalue weighted by Crippen LogP contribution is -2.43. The van der Waals surface area contributed by atoms with Crippen molar-refractivity contribution >= 4 is 44.4 Å². The molecule has 4 heteroatoms. The number of rotatable bonds is 1. The largest absolute Gasteiger partial charge is 0.871 e. The van der Waals surface area contributed by atoms with Crippen LogP contribution in [0, 0.1) is 5.41 Å². The van der Waals surface area contributed by atoms with Crippen LogP contribution in [0.1, 0.15) is 58.1 Å². The molecule has 0 unspecified atom stereocenters. The Labute approximate surface area is 258 Å². The molecule has 1 aliphatic carbocycles. The summed E-state index contributed by atoms with van der Waals surface area (Å²) in [6.07, 6.45) is 3.35. The van der Waals surface area contributed by atoms with E-state index >= 15 is 0 Å². The molecule has 4 aromatic carbocycles. The second kappa shape index (κ2) is 8.59. The molecule has 0 fully saturated rings. The first kappa shape index (κ1) is 26.0. The maximum Gasteiger partial charge on any atom is 0.210 e. The van der Waals surface area contributed by atoms with Gasteiger partial charge in [0.1, 0.15) is 6.54 Å². The Bertz CT molecular complexity index is 2150. The van der Waals surface area contributed by atoms with E-state index in [1.807, 2.05) is 0 Å². The molecule has 0 saturated heterocycles. The van der Waals surface area contributed by atoms with Crippen LogP contribution in [-0.4, -0.2) is 29.2 Å². The molecule has 0 radical (unpaired) electrons. The second-order valence-electron chi connectivity index (χ2n) is 14.4. The van der Waals surface area contributed by atoms with Gasteiger partial charge in [0.15, 0.2) is 11.5 Å². The molecular weight excluding hydrogens is 540 g/mol. The van der Waals surface area contributed by atoms with Crippen molar-refractivity contribution in [3.8, 4) is 0 Å². The fraction of sp³-hybridized carbons (Fsp3) is 0.300. The summed E-state index contributed by atoms with van der Waals surface area (Å²) in [5.41, 5.74) is 9.56. The van der Waals surface area contributed by atoms with Crippen molar-refractivity contribution in [2.45, 2.75) is 58.8 Å². The third-order valence-electron chi connectivity index (χ3n) is 11.1. The van der Waals surface area contributed by atoms with E-state index in [1.54, 1.807) is 0 Å². The molecule has 4 heterocycles. The quantitative estimate of drug-likeness (QED) is 0.175. The van der Waals surface area contributed by atoms with Crippen LogP contribution < -0.4 is 10.0 Å². The number of ketones is 1. The van der Waals surface area contributed by atoms with Crippen LogP contribution in [0.5, 0.6) is 0 Å². The third kappa shape index (κ3) is 3.29. The number of anilines is 1. The van der Waals surface area contributed by atoms with Crippen molar-refractivity contribution in [3.05, 3.63) is 118 Å². The summed E-state index contributed by atoms with van der Waals surface area (Å²) < 4.78 is 2.40. The van der Waals surface area contributed by atoms with E-state index in [2.05, 4.69) is 110 Å². The maximum absolute atomic E-state index is 14.4. The van der Waals surface area contributed by atoms with E-state index in [4.69, 9.17) is 0 Å². The minimum atomic E-state index is -0.295. The van der Waals surface area contributed by atoms with E-state index in [9.17, 15) is 9.90 Å². The lowest BCUT2D eigenvalue weighted by Gasteiger charge is -2.45. The first-order valence-electron chi connectivity index (χ1n) is 16.1. The molecule has 0 spiro atoms. The Hall–Kier alpha value is -4.44. The van der Waals surface area contributed by atoms with Crippen LogP contribution in [0.15, 0.2) is 107 Å². The van der Waals surface area contributed by atoms with Gasteiger partial charge in [0.25, 0.3) is 0 Å². The number of allylic oxidation sites excluding steroid dienone is 5. The van der Waals surface area contributed by atoms with Crippen LogP contribution >= 0.6 is 0 Å².